The number of carboxylic acid groups (broad SMARTS) is 1. The second-order valence-electron chi connectivity index (χ2n) is 4.15. The van der Waals surface area contributed by atoms with Crippen LogP contribution in [0.5, 0.6) is 5.75 Å². The van der Waals surface area contributed by atoms with Gasteiger partial charge in [-0.15, -0.1) is 0 Å². The molecule has 116 valence electrons. The molecule has 2 amide bonds. The fourth-order valence-electron chi connectivity index (χ4n) is 1.67. The van der Waals surface area contributed by atoms with Gasteiger partial charge in [-0.1, -0.05) is 17.7 Å². The molecule has 0 radical (unpaired) electrons. The van der Waals surface area contributed by atoms with Gasteiger partial charge in [-0.25, -0.2) is 9.59 Å². The Morgan fingerprint density at radius 2 is 2.14 bits per heavy atom. The van der Waals surface area contributed by atoms with Crippen LogP contribution in [0.25, 0.3) is 0 Å². The van der Waals surface area contributed by atoms with Crippen LogP contribution in [-0.4, -0.2) is 42.0 Å². The van der Waals surface area contributed by atoms with Gasteiger partial charge in [0.05, 0.1) is 7.11 Å². The van der Waals surface area contributed by atoms with Gasteiger partial charge in [0, 0.05) is 30.2 Å². The number of carbonyl (C=O) groups excluding carboxylic acids is 1. The minimum atomic E-state index is -1.21. The van der Waals surface area contributed by atoms with E-state index in [-0.39, 0.29) is 19.6 Å². The van der Waals surface area contributed by atoms with Crippen molar-refractivity contribution < 1.29 is 24.5 Å². The van der Waals surface area contributed by atoms with Gasteiger partial charge < -0.3 is 25.6 Å². The standard InChI is InChI=1S/C13H17ClN2O5/c1-21-11-4-2-3-9(14)8(11)7-15-13(20)16-10(5-6-17)12(18)19/h2-4,10,17H,5-7H2,1H3,(H,18,19)(H2,15,16,20)/t10-/m0/s1. The first-order valence-corrected chi connectivity index (χ1v) is 6.56. The minimum Gasteiger partial charge on any atom is -0.496 e. The number of nitrogens with one attached hydrogen (secondary N) is 2. The summed E-state index contributed by atoms with van der Waals surface area (Å²) in [5.41, 5.74) is 0.589. The van der Waals surface area contributed by atoms with Crippen molar-refractivity contribution in [3.63, 3.8) is 0 Å². The number of urea groups is 1. The number of amides is 2. The molecule has 0 saturated heterocycles. The van der Waals surface area contributed by atoms with Crippen molar-refractivity contribution in [2.75, 3.05) is 13.7 Å². The number of rotatable bonds is 7. The molecule has 1 atom stereocenters. The maximum absolute atomic E-state index is 11.7. The van der Waals surface area contributed by atoms with Gasteiger partial charge in [0.15, 0.2) is 0 Å². The lowest BCUT2D eigenvalue weighted by atomic mass is 10.2. The zero-order chi connectivity index (χ0) is 15.8. The molecule has 0 bridgehead atoms. The van der Waals surface area contributed by atoms with E-state index in [1.54, 1.807) is 18.2 Å². The zero-order valence-electron chi connectivity index (χ0n) is 11.4. The van der Waals surface area contributed by atoms with Crippen LogP contribution in [0.1, 0.15) is 12.0 Å². The molecule has 1 aromatic carbocycles. The SMILES string of the molecule is COc1cccc(Cl)c1CNC(=O)N[C@@H](CCO)C(=O)O. The van der Waals surface area contributed by atoms with E-state index in [9.17, 15) is 9.59 Å². The van der Waals surface area contributed by atoms with Crippen molar-refractivity contribution in [1.82, 2.24) is 10.6 Å². The van der Waals surface area contributed by atoms with E-state index >= 15 is 0 Å². The van der Waals surface area contributed by atoms with Crippen LogP contribution in [0.4, 0.5) is 4.79 Å². The highest BCUT2D eigenvalue weighted by atomic mass is 35.5. The summed E-state index contributed by atoms with van der Waals surface area (Å²) < 4.78 is 5.13. The fraction of sp³-hybridized carbons (Fsp3) is 0.385. The van der Waals surface area contributed by atoms with E-state index in [1.807, 2.05) is 0 Å². The Morgan fingerprint density at radius 1 is 1.43 bits per heavy atom. The Morgan fingerprint density at radius 3 is 2.71 bits per heavy atom. The predicted molar refractivity (Wildman–Crippen MR) is 76.5 cm³/mol. The summed E-state index contributed by atoms with van der Waals surface area (Å²) >= 11 is 6.02. The van der Waals surface area contributed by atoms with Crippen molar-refractivity contribution in [2.24, 2.45) is 0 Å². The molecule has 4 N–H and O–H groups in total. The Balaban J connectivity index is 2.63. The Hall–Kier alpha value is -1.99. The molecule has 7 nitrogen and oxygen atoms in total. The first-order chi connectivity index (χ1) is 9.99. The third-order valence-corrected chi connectivity index (χ3v) is 3.10. The van der Waals surface area contributed by atoms with Crippen LogP contribution in [0, 0.1) is 0 Å². The highest BCUT2D eigenvalue weighted by Gasteiger charge is 2.19. The molecule has 0 heterocycles. The molecule has 0 aliphatic rings. The Labute approximate surface area is 126 Å². The van der Waals surface area contributed by atoms with Crippen LogP contribution in [0.15, 0.2) is 18.2 Å². The summed E-state index contributed by atoms with van der Waals surface area (Å²) in [6.07, 6.45) is -0.0713. The van der Waals surface area contributed by atoms with Crippen LogP contribution in [-0.2, 0) is 11.3 Å². The second kappa shape index (κ2) is 8.33. The van der Waals surface area contributed by atoms with E-state index in [4.69, 9.17) is 26.6 Å². The Bertz CT molecular complexity index is 509. The van der Waals surface area contributed by atoms with Gasteiger partial charge in [-0.05, 0) is 12.1 Å². The predicted octanol–water partition coefficient (Wildman–Crippen LogP) is 0.983. The summed E-state index contributed by atoms with van der Waals surface area (Å²) in [5, 5.41) is 22.8. The average molecular weight is 317 g/mol. The molecule has 21 heavy (non-hydrogen) atoms. The highest BCUT2D eigenvalue weighted by molar-refractivity contribution is 6.31. The maximum atomic E-state index is 11.7. The topological polar surface area (TPSA) is 108 Å². The smallest absolute Gasteiger partial charge is 0.326 e. The van der Waals surface area contributed by atoms with E-state index in [1.165, 1.54) is 7.11 Å². The van der Waals surface area contributed by atoms with E-state index < -0.39 is 18.0 Å². The molecule has 1 rings (SSSR count). The van der Waals surface area contributed by atoms with Crippen molar-refractivity contribution in [1.29, 1.82) is 0 Å². The van der Waals surface area contributed by atoms with Gasteiger partial charge >= 0.3 is 12.0 Å². The lowest BCUT2D eigenvalue weighted by molar-refractivity contribution is -0.139. The number of methoxy groups -OCH3 is 1. The number of aliphatic carboxylic acids is 1. The van der Waals surface area contributed by atoms with Gasteiger partial charge in [-0.3, -0.25) is 0 Å². The fourth-order valence-corrected chi connectivity index (χ4v) is 1.90. The number of halogens is 1. The normalized spacial score (nSPS) is 11.6. The van der Waals surface area contributed by atoms with Crippen molar-refractivity contribution in [2.45, 2.75) is 19.0 Å². The largest absolute Gasteiger partial charge is 0.496 e. The summed E-state index contributed by atoms with van der Waals surface area (Å²) in [4.78, 5) is 22.5. The third kappa shape index (κ3) is 5.13. The first-order valence-electron chi connectivity index (χ1n) is 6.19. The number of benzene rings is 1. The number of aliphatic hydroxyl groups is 1. The van der Waals surface area contributed by atoms with Crippen LogP contribution >= 0.6 is 11.6 Å². The minimum absolute atomic E-state index is 0.0713. The maximum Gasteiger partial charge on any atom is 0.326 e. The molecular formula is C13H17ClN2O5. The van der Waals surface area contributed by atoms with Crippen molar-refractivity contribution >= 4 is 23.6 Å². The molecular weight excluding hydrogens is 300 g/mol. The quantitative estimate of drug-likeness (QED) is 0.600. The summed E-state index contributed by atoms with van der Waals surface area (Å²) in [6, 6.07) is 3.25. The molecule has 0 spiro atoms. The monoisotopic (exact) mass is 316 g/mol. The molecule has 0 aliphatic carbocycles. The lowest BCUT2D eigenvalue weighted by Gasteiger charge is -2.15. The van der Waals surface area contributed by atoms with E-state index in [0.29, 0.717) is 16.3 Å². The molecule has 1 aromatic rings. The average Bonchev–Trinajstić information content (AvgIpc) is 2.45. The molecule has 0 unspecified atom stereocenters. The highest BCUT2D eigenvalue weighted by Crippen LogP contribution is 2.25. The number of aliphatic hydroxyl groups excluding tert-OH is 1. The van der Waals surface area contributed by atoms with Crippen molar-refractivity contribution in [3.05, 3.63) is 28.8 Å². The molecule has 0 aromatic heterocycles. The molecule has 0 aliphatic heterocycles. The number of ether oxygens (including phenoxy) is 1. The van der Waals surface area contributed by atoms with Crippen LogP contribution < -0.4 is 15.4 Å². The van der Waals surface area contributed by atoms with E-state index in [0.717, 1.165) is 0 Å². The molecule has 0 saturated carbocycles. The summed E-state index contributed by atoms with van der Waals surface area (Å²) in [7, 11) is 1.48. The number of carboxylic acids is 1. The number of hydrogen-bond acceptors (Lipinski definition) is 4. The molecule has 0 fully saturated rings. The lowest BCUT2D eigenvalue weighted by Crippen LogP contribution is -2.46. The number of carbonyl (C=O) groups is 2. The third-order valence-electron chi connectivity index (χ3n) is 2.74. The van der Waals surface area contributed by atoms with Gasteiger partial charge in [0.2, 0.25) is 0 Å². The van der Waals surface area contributed by atoms with E-state index in [2.05, 4.69) is 10.6 Å². The van der Waals surface area contributed by atoms with Crippen LogP contribution in [0.2, 0.25) is 5.02 Å². The molecule has 8 heteroatoms. The van der Waals surface area contributed by atoms with Gasteiger partial charge in [-0.2, -0.15) is 0 Å². The summed E-state index contributed by atoms with van der Waals surface area (Å²) in [5.74, 6) is -0.692. The van der Waals surface area contributed by atoms with Gasteiger partial charge in [0.25, 0.3) is 0 Å². The first kappa shape index (κ1) is 17.1. The van der Waals surface area contributed by atoms with Crippen LogP contribution in [0.3, 0.4) is 0 Å². The summed E-state index contributed by atoms with van der Waals surface area (Å²) in [6.45, 7) is -0.254. The second-order valence-corrected chi connectivity index (χ2v) is 4.56. The van der Waals surface area contributed by atoms with Crippen molar-refractivity contribution in [3.8, 4) is 5.75 Å². The zero-order valence-corrected chi connectivity index (χ0v) is 12.2. The Kier molecular flexibility index (Phi) is 6.77. The number of hydrogen-bond donors (Lipinski definition) is 4. The van der Waals surface area contributed by atoms with Gasteiger partial charge in [0.1, 0.15) is 11.8 Å².